The van der Waals surface area contributed by atoms with Gasteiger partial charge in [-0.25, -0.2) is 9.78 Å². The van der Waals surface area contributed by atoms with E-state index in [9.17, 15) is 14.4 Å². The van der Waals surface area contributed by atoms with E-state index >= 15 is 0 Å². The summed E-state index contributed by atoms with van der Waals surface area (Å²) in [6, 6.07) is 17.9. The van der Waals surface area contributed by atoms with E-state index in [1.807, 2.05) is 24.3 Å². The maximum absolute atomic E-state index is 12.7. The van der Waals surface area contributed by atoms with E-state index in [1.165, 1.54) is 24.6 Å². The van der Waals surface area contributed by atoms with Gasteiger partial charge in [0.25, 0.3) is 5.91 Å². The Labute approximate surface area is 251 Å². The highest BCUT2D eigenvalue weighted by Gasteiger charge is 2.25. The highest BCUT2D eigenvalue weighted by atomic mass is 16.6. The fourth-order valence-corrected chi connectivity index (χ4v) is 5.53. The first kappa shape index (κ1) is 30.0. The van der Waals surface area contributed by atoms with Crippen LogP contribution in [0, 0.1) is 5.92 Å². The molecule has 2 fully saturated rings. The Bertz CT molecular complexity index is 1390. The minimum Gasteiger partial charge on any atom is -0.490 e. The number of carboxylic acids is 1. The van der Waals surface area contributed by atoms with Crippen LogP contribution in [0.1, 0.15) is 54.1 Å². The molecule has 2 N–H and O–H groups in total. The van der Waals surface area contributed by atoms with Gasteiger partial charge in [-0.1, -0.05) is 31.2 Å². The van der Waals surface area contributed by atoms with Crippen molar-refractivity contribution in [1.29, 1.82) is 0 Å². The van der Waals surface area contributed by atoms with E-state index in [-0.39, 0.29) is 24.3 Å². The molecule has 3 heterocycles. The first-order valence-electron chi connectivity index (χ1n) is 14.8. The number of anilines is 1. The van der Waals surface area contributed by atoms with Gasteiger partial charge >= 0.3 is 12.1 Å². The maximum Gasteiger partial charge on any atom is 0.416 e. The van der Waals surface area contributed by atoms with E-state index in [4.69, 9.17) is 14.6 Å². The number of nitrogens with zero attached hydrogens (tertiary/aromatic N) is 3. The molecule has 3 aromatic rings. The lowest BCUT2D eigenvalue weighted by atomic mass is 9.99. The molecule has 1 aromatic heterocycles. The third-order valence-corrected chi connectivity index (χ3v) is 7.83. The third-order valence-electron chi connectivity index (χ3n) is 7.83. The Balaban J connectivity index is 1.04. The van der Waals surface area contributed by atoms with Gasteiger partial charge < -0.3 is 24.8 Å². The van der Waals surface area contributed by atoms with Gasteiger partial charge in [0.2, 0.25) is 5.88 Å². The molecular formula is C33H38N4O6. The normalized spacial score (nSPS) is 17.7. The number of benzene rings is 2. The minimum absolute atomic E-state index is 0.0277. The van der Waals surface area contributed by atoms with Gasteiger partial charge in [-0.2, -0.15) is 0 Å². The van der Waals surface area contributed by atoms with E-state index < -0.39 is 12.1 Å². The highest BCUT2D eigenvalue weighted by Crippen LogP contribution is 2.22. The lowest BCUT2D eigenvalue weighted by molar-refractivity contribution is -0.136. The number of pyridine rings is 1. The molecule has 0 bridgehead atoms. The van der Waals surface area contributed by atoms with Gasteiger partial charge in [0.15, 0.2) is 0 Å². The largest absolute Gasteiger partial charge is 0.490 e. The number of hydrogen-bond acceptors (Lipinski definition) is 7. The fraction of sp³-hybridized carbons (Fsp3) is 0.394. The van der Waals surface area contributed by atoms with Crippen molar-refractivity contribution in [3.63, 3.8) is 0 Å². The number of aromatic nitrogens is 1. The molecule has 1 atom stereocenters. The molecule has 226 valence electrons. The number of carbonyl (C=O) groups is 3. The van der Waals surface area contributed by atoms with Crippen LogP contribution in [-0.2, 0) is 17.8 Å². The summed E-state index contributed by atoms with van der Waals surface area (Å²) >= 11 is 0. The zero-order valence-electron chi connectivity index (χ0n) is 24.4. The SMILES string of the molecule is CC1CCCN(Cc2ccc(C(=O)Nc3ccc(OC(=O)N4CCC(Oc5ccc(CC(=O)O)cc5)CC4)nc3)cc2)C1. The summed E-state index contributed by atoms with van der Waals surface area (Å²) < 4.78 is 11.5. The number of carbonyl (C=O) groups excluding carboxylic acids is 2. The second-order valence-electron chi connectivity index (χ2n) is 11.4. The van der Waals surface area contributed by atoms with Crippen LogP contribution in [0.15, 0.2) is 66.9 Å². The number of amides is 2. The van der Waals surface area contributed by atoms with E-state index in [0.29, 0.717) is 48.5 Å². The summed E-state index contributed by atoms with van der Waals surface area (Å²) in [5, 5.41) is 11.7. The van der Waals surface area contributed by atoms with Gasteiger partial charge in [0.05, 0.1) is 18.3 Å². The highest BCUT2D eigenvalue weighted by molar-refractivity contribution is 6.04. The zero-order valence-corrected chi connectivity index (χ0v) is 24.4. The molecule has 2 amide bonds. The number of carboxylic acid groups (broad SMARTS) is 1. The predicted octanol–water partition coefficient (Wildman–Crippen LogP) is 5.24. The first-order chi connectivity index (χ1) is 20.8. The molecule has 10 heteroatoms. The van der Waals surface area contributed by atoms with Crippen molar-refractivity contribution in [1.82, 2.24) is 14.8 Å². The molecule has 2 aliphatic rings. The number of nitrogens with one attached hydrogen (secondary N) is 1. The van der Waals surface area contributed by atoms with Crippen LogP contribution >= 0.6 is 0 Å². The van der Waals surface area contributed by atoms with Crippen LogP contribution < -0.4 is 14.8 Å². The van der Waals surface area contributed by atoms with Crippen molar-refractivity contribution in [2.75, 3.05) is 31.5 Å². The van der Waals surface area contributed by atoms with E-state index in [0.717, 1.165) is 25.6 Å². The smallest absolute Gasteiger partial charge is 0.416 e. The van der Waals surface area contributed by atoms with Gasteiger partial charge in [-0.15, -0.1) is 0 Å². The van der Waals surface area contributed by atoms with E-state index in [2.05, 4.69) is 22.1 Å². The number of piperidine rings is 2. The van der Waals surface area contributed by atoms with Crippen molar-refractivity contribution < 1.29 is 29.0 Å². The Morgan fingerprint density at radius 3 is 2.30 bits per heavy atom. The number of aliphatic carboxylic acids is 1. The van der Waals surface area contributed by atoms with Crippen molar-refractivity contribution >= 4 is 23.7 Å². The Morgan fingerprint density at radius 1 is 0.930 bits per heavy atom. The Morgan fingerprint density at radius 2 is 1.65 bits per heavy atom. The zero-order chi connectivity index (χ0) is 30.2. The summed E-state index contributed by atoms with van der Waals surface area (Å²) in [6.07, 6.45) is 4.71. The topological polar surface area (TPSA) is 121 Å². The van der Waals surface area contributed by atoms with Gasteiger partial charge in [-0.05, 0) is 66.8 Å². The molecule has 2 saturated heterocycles. The standard InChI is InChI=1S/C33H38N4O6/c1-23-3-2-16-36(21-23)22-25-4-8-26(9-5-25)32(40)35-27-10-13-30(34-20-27)43-33(41)37-17-14-29(15-18-37)42-28-11-6-24(7-12-28)19-31(38)39/h4-13,20,23,29H,2-3,14-19,21-22H2,1H3,(H,35,40)(H,38,39). The first-order valence-corrected chi connectivity index (χ1v) is 14.8. The molecule has 0 spiro atoms. The van der Waals surface area contributed by atoms with Crippen molar-refractivity contribution in [2.45, 2.75) is 51.7 Å². The van der Waals surface area contributed by atoms with Crippen molar-refractivity contribution in [2.24, 2.45) is 5.92 Å². The van der Waals surface area contributed by atoms with Crippen LogP contribution in [0.4, 0.5) is 10.5 Å². The number of rotatable bonds is 9. The summed E-state index contributed by atoms with van der Waals surface area (Å²) in [7, 11) is 0. The second-order valence-corrected chi connectivity index (χ2v) is 11.4. The third kappa shape index (κ3) is 8.78. The monoisotopic (exact) mass is 586 g/mol. The quantitative estimate of drug-likeness (QED) is 0.350. The van der Waals surface area contributed by atoms with Crippen LogP contribution in [0.2, 0.25) is 0 Å². The lowest BCUT2D eigenvalue weighted by Gasteiger charge is -2.31. The van der Waals surface area contributed by atoms with E-state index in [1.54, 1.807) is 41.3 Å². The molecule has 5 rings (SSSR count). The number of ether oxygens (including phenoxy) is 2. The van der Waals surface area contributed by atoms with Crippen LogP contribution in [0.5, 0.6) is 11.6 Å². The van der Waals surface area contributed by atoms with Gasteiger partial charge in [0.1, 0.15) is 11.9 Å². The summed E-state index contributed by atoms with van der Waals surface area (Å²) in [5.41, 5.74) is 2.97. The van der Waals surface area contributed by atoms with Crippen LogP contribution in [0.25, 0.3) is 0 Å². The molecule has 0 radical (unpaired) electrons. The molecule has 43 heavy (non-hydrogen) atoms. The Kier molecular flexibility index (Phi) is 9.88. The minimum atomic E-state index is -0.875. The predicted molar refractivity (Wildman–Crippen MR) is 161 cm³/mol. The molecule has 0 saturated carbocycles. The maximum atomic E-state index is 12.7. The lowest BCUT2D eigenvalue weighted by Crippen LogP contribution is -2.43. The second kappa shape index (κ2) is 14.2. The fourth-order valence-electron chi connectivity index (χ4n) is 5.53. The molecule has 2 aromatic carbocycles. The molecular weight excluding hydrogens is 548 g/mol. The number of likely N-dealkylation sites (tertiary alicyclic amines) is 2. The molecule has 1 unspecified atom stereocenters. The number of hydrogen-bond donors (Lipinski definition) is 2. The van der Waals surface area contributed by atoms with Gasteiger partial charge in [0, 0.05) is 50.7 Å². The summed E-state index contributed by atoms with van der Waals surface area (Å²) in [4.78, 5) is 44.5. The van der Waals surface area contributed by atoms with Crippen LogP contribution in [-0.4, -0.2) is 70.1 Å². The summed E-state index contributed by atoms with van der Waals surface area (Å²) in [5.74, 6) is 0.447. The van der Waals surface area contributed by atoms with Crippen LogP contribution in [0.3, 0.4) is 0 Å². The molecule has 10 nitrogen and oxygen atoms in total. The Hall–Kier alpha value is -4.44. The molecule has 2 aliphatic heterocycles. The van der Waals surface area contributed by atoms with Gasteiger partial charge in [-0.3, -0.25) is 14.5 Å². The van der Waals surface area contributed by atoms with Crippen molar-refractivity contribution in [3.8, 4) is 11.6 Å². The summed E-state index contributed by atoms with van der Waals surface area (Å²) in [6.45, 7) is 6.38. The molecule has 0 aliphatic carbocycles. The van der Waals surface area contributed by atoms with Crippen molar-refractivity contribution in [3.05, 3.63) is 83.6 Å². The average molecular weight is 587 g/mol. The average Bonchev–Trinajstić information content (AvgIpc) is 2.99.